The van der Waals surface area contributed by atoms with Gasteiger partial charge in [0.1, 0.15) is 5.75 Å². The summed E-state index contributed by atoms with van der Waals surface area (Å²) in [5.41, 5.74) is 7.72. The number of anilines is 2. The molecule has 0 aromatic heterocycles. The second-order valence-electron chi connectivity index (χ2n) is 4.99. The minimum Gasteiger partial charge on any atom is -0.492 e. The summed E-state index contributed by atoms with van der Waals surface area (Å²) in [7, 11) is 1.72. The second-order valence-corrected chi connectivity index (χ2v) is 4.99. The number of methoxy groups -OCH3 is 1. The topological polar surface area (TPSA) is 47.7 Å². The molecule has 0 heterocycles. The van der Waals surface area contributed by atoms with Crippen molar-refractivity contribution >= 4 is 11.4 Å². The van der Waals surface area contributed by atoms with E-state index < -0.39 is 0 Å². The Kier molecular flexibility index (Phi) is 6.50. The molecule has 108 valence electrons. The van der Waals surface area contributed by atoms with Crippen molar-refractivity contribution in [2.75, 3.05) is 44.0 Å². The molecule has 0 radical (unpaired) electrons. The Bertz CT molecular complexity index is 380. The maximum absolute atomic E-state index is 5.91. The minimum absolute atomic E-state index is 0.588. The average molecular weight is 266 g/mol. The van der Waals surface area contributed by atoms with Crippen LogP contribution in [0.3, 0.4) is 0 Å². The van der Waals surface area contributed by atoms with Gasteiger partial charge in [-0.15, -0.1) is 0 Å². The summed E-state index contributed by atoms with van der Waals surface area (Å²) in [6.45, 7) is 9.56. The molecular weight excluding hydrogens is 240 g/mol. The molecule has 1 rings (SSSR count). The predicted octanol–water partition coefficient (Wildman–Crippen LogP) is 2.78. The molecule has 2 N–H and O–H groups in total. The molecule has 19 heavy (non-hydrogen) atoms. The van der Waals surface area contributed by atoms with E-state index in [4.69, 9.17) is 15.2 Å². The van der Waals surface area contributed by atoms with Crippen molar-refractivity contribution in [3.63, 3.8) is 0 Å². The van der Waals surface area contributed by atoms with Crippen LogP contribution in [0.2, 0.25) is 0 Å². The summed E-state index contributed by atoms with van der Waals surface area (Å²) in [5, 5.41) is 0. The van der Waals surface area contributed by atoms with E-state index in [-0.39, 0.29) is 0 Å². The molecule has 0 unspecified atom stereocenters. The van der Waals surface area contributed by atoms with Gasteiger partial charge in [-0.1, -0.05) is 13.8 Å². The number of nitrogens with two attached hydrogens (primary N) is 1. The van der Waals surface area contributed by atoms with Gasteiger partial charge < -0.3 is 20.1 Å². The number of nitrogens with zero attached hydrogens (tertiary/aromatic N) is 1. The Morgan fingerprint density at radius 1 is 1.32 bits per heavy atom. The third-order valence-electron chi connectivity index (χ3n) is 2.81. The van der Waals surface area contributed by atoms with Crippen LogP contribution in [0.4, 0.5) is 11.4 Å². The van der Waals surface area contributed by atoms with Crippen LogP contribution < -0.4 is 15.4 Å². The number of ether oxygens (including phenoxy) is 2. The molecule has 0 aliphatic rings. The molecule has 0 aliphatic carbocycles. The minimum atomic E-state index is 0.588. The fraction of sp³-hybridized carbons (Fsp3) is 0.600. The lowest BCUT2D eigenvalue weighted by atomic mass is 10.1. The van der Waals surface area contributed by atoms with Crippen molar-refractivity contribution in [2.45, 2.75) is 20.8 Å². The smallest absolute Gasteiger partial charge is 0.144 e. The maximum Gasteiger partial charge on any atom is 0.144 e. The van der Waals surface area contributed by atoms with Crippen LogP contribution in [0, 0.1) is 5.92 Å². The standard InChI is InChI=1S/C15H26N2O2/c1-5-19-15-10-13(6-7-14(15)16)17(8-9-18-4)11-12(2)3/h6-7,10,12H,5,8-9,11,16H2,1-4H3. The first-order valence-electron chi connectivity index (χ1n) is 6.84. The van der Waals surface area contributed by atoms with Crippen LogP contribution in [0.25, 0.3) is 0 Å². The average Bonchev–Trinajstić information content (AvgIpc) is 2.37. The molecule has 1 aromatic carbocycles. The van der Waals surface area contributed by atoms with Crippen molar-refractivity contribution < 1.29 is 9.47 Å². The highest BCUT2D eigenvalue weighted by Gasteiger charge is 2.11. The highest BCUT2D eigenvalue weighted by atomic mass is 16.5. The second kappa shape index (κ2) is 7.89. The van der Waals surface area contributed by atoms with E-state index in [1.807, 2.05) is 25.1 Å². The molecule has 0 spiro atoms. The van der Waals surface area contributed by atoms with Gasteiger partial charge in [-0.3, -0.25) is 0 Å². The normalized spacial score (nSPS) is 10.8. The Balaban J connectivity index is 2.90. The molecule has 0 saturated carbocycles. The van der Waals surface area contributed by atoms with Crippen LogP contribution in [0.5, 0.6) is 5.75 Å². The zero-order chi connectivity index (χ0) is 14.3. The zero-order valence-corrected chi connectivity index (χ0v) is 12.5. The van der Waals surface area contributed by atoms with E-state index in [0.717, 1.165) is 24.5 Å². The first kappa shape index (κ1) is 15.6. The molecule has 4 heteroatoms. The Hall–Kier alpha value is -1.42. The SMILES string of the molecule is CCOc1cc(N(CCOC)CC(C)C)ccc1N. The van der Waals surface area contributed by atoms with Gasteiger partial charge in [-0.2, -0.15) is 0 Å². The monoisotopic (exact) mass is 266 g/mol. The van der Waals surface area contributed by atoms with E-state index in [9.17, 15) is 0 Å². The molecule has 0 bridgehead atoms. The van der Waals surface area contributed by atoms with Crippen LogP contribution in [-0.2, 0) is 4.74 Å². The van der Waals surface area contributed by atoms with Gasteiger partial charge in [0.2, 0.25) is 0 Å². The molecule has 0 aliphatic heterocycles. The van der Waals surface area contributed by atoms with Crippen LogP contribution in [0.15, 0.2) is 18.2 Å². The van der Waals surface area contributed by atoms with E-state index in [1.54, 1.807) is 7.11 Å². The number of nitrogen functional groups attached to an aromatic ring is 1. The summed E-state index contributed by atoms with van der Waals surface area (Å²) < 4.78 is 10.7. The first-order valence-corrected chi connectivity index (χ1v) is 6.84. The van der Waals surface area contributed by atoms with Gasteiger partial charge in [0.05, 0.1) is 18.9 Å². The molecule has 0 amide bonds. The molecule has 0 fully saturated rings. The van der Waals surface area contributed by atoms with Crippen molar-refractivity contribution in [1.29, 1.82) is 0 Å². The van der Waals surface area contributed by atoms with Crippen molar-refractivity contribution in [3.8, 4) is 5.75 Å². The van der Waals surface area contributed by atoms with E-state index >= 15 is 0 Å². The lowest BCUT2D eigenvalue weighted by Gasteiger charge is -2.27. The summed E-state index contributed by atoms with van der Waals surface area (Å²) in [4.78, 5) is 2.30. The third kappa shape index (κ3) is 4.99. The summed E-state index contributed by atoms with van der Waals surface area (Å²) >= 11 is 0. The van der Waals surface area contributed by atoms with Crippen molar-refractivity contribution in [3.05, 3.63) is 18.2 Å². The summed E-state index contributed by atoms with van der Waals surface area (Å²) in [6, 6.07) is 5.95. The lowest BCUT2D eigenvalue weighted by Crippen LogP contribution is -2.31. The quantitative estimate of drug-likeness (QED) is 0.735. The van der Waals surface area contributed by atoms with E-state index in [1.165, 1.54) is 0 Å². The number of hydrogen-bond donors (Lipinski definition) is 1. The fourth-order valence-corrected chi connectivity index (χ4v) is 1.97. The Morgan fingerprint density at radius 3 is 2.63 bits per heavy atom. The predicted molar refractivity (Wildman–Crippen MR) is 81.0 cm³/mol. The fourth-order valence-electron chi connectivity index (χ4n) is 1.97. The van der Waals surface area contributed by atoms with Gasteiger partial charge in [0.25, 0.3) is 0 Å². The number of rotatable bonds is 8. The zero-order valence-electron chi connectivity index (χ0n) is 12.5. The molecule has 1 aromatic rings. The maximum atomic E-state index is 5.91. The largest absolute Gasteiger partial charge is 0.492 e. The summed E-state index contributed by atoms with van der Waals surface area (Å²) in [6.07, 6.45) is 0. The Morgan fingerprint density at radius 2 is 2.05 bits per heavy atom. The van der Waals surface area contributed by atoms with Crippen molar-refractivity contribution in [1.82, 2.24) is 0 Å². The van der Waals surface area contributed by atoms with Crippen LogP contribution >= 0.6 is 0 Å². The lowest BCUT2D eigenvalue weighted by molar-refractivity contribution is 0.204. The van der Waals surface area contributed by atoms with Crippen molar-refractivity contribution in [2.24, 2.45) is 5.92 Å². The Labute approximate surface area is 116 Å². The van der Waals surface area contributed by atoms with Gasteiger partial charge in [-0.05, 0) is 25.0 Å². The number of benzene rings is 1. The van der Waals surface area contributed by atoms with Crippen LogP contribution in [-0.4, -0.2) is 33.4 Å². The molecule has 0 atom stereocenters. The van der Waals surface area contributed by atoms with Gasteiger partial charge in [0, 0.05) is 32.0 Å². The van der Waals surface area contributed by atoms with E-state index in [0.29, 0.717) is 24.8 Å². The molecule has 0 saturated heterocycles. The third-order valence-corrected chi connectivity index (χ3v) is 2.81. The van der Waals surface area contributed by atoms with Crippen LogP contribution in [0.1, 0.15) is 20.8 Å². The molecule has 4 nitrogen and oxygen atoms in total. The van der Waals surface area contributed by atoms with Gasteiger partial charge >= 0.3 is 0 Å². The van der Waals surface area contributed by atoms with Gasteiger partial charge in [-0.25, -0.2) is 0 Å². The molecular formula is C15H26N2O2. The first-order chi connectivity index (χ1) is 9.08. The number of hydrogen-bond acceptors (Lipinski definition) is 4. The van der Waals surface area contributed by atoms with Gasteiger partial charge in [0.15, 0.2) is 0 Å². The van der Waals surface area contributed by atoms with E-state index in [2.05, 4.69) is 18.7 Å². The summed E-state index contributed by atoms with van der Waals surface area (Å²) in [5.74, 6) is 1.34. The highest BCUT2D eigenvalue weighted by molar-refractivity contribution is 5.62. The highest BCUT2D eigenvalue weighted by Crippen LogP contribution is 2.28.